The van der Waals surface area contributed by atoms with Crippen LogP contribution in [0.1, 0.15) is 6.92 Å². The van der Waals surface area contributed by atoms with Crippen molar-refractivity contribution in [3.05, 3.63) is 29.3 Å². The molecule has 1 saturated heterocycles. The summed E-state index contributed by atoms with van der Waals surface area (Å²) in [5, 5.41) is 3.71. The van der Waals surface area contributed by atoms with E-state index in [9.17, 15) is 4.79 Å². The lowest BCUT2D eigenvalue weighted by Crippen LogP contribution is -2.52. The van der Waals surface area contributed by atoms with Crippen LogP contribution in [0.3, 0.4) is 0 Å². The Hall–Kier alpha value is -1.26. The van der Waals surface area contributed by atoms with Gasteiger partial charge in [-0.25, -0.2) is 4.79 Å². The molecule has 1 heterocycles. The molecule has 1 aromatic carbocycles. The zero-order valence-corrected chi connectivity index (χ0v) is 10.4. The number of amides is 1. The van der Waals surface area contributed by atoms with Crippen molar-refractivity contribution in [2.24, 2.45) is 0 Å². The molecule has 1 unspecified atom stereocenters. The Morgan fingerprint density at radius 2 is 2.29 bits per heavy atom. The van der Waals surface area contributed by atoms with Gasteiger partial charge in [-0.15, -0.1) is 0 Å². The highest BCUT2D eigenvalue weighted by Gasteiger charge is 2.22. The van der Waals surface area contributed by atoms with E-state index in [2.05, 4.69) is 5.32 Å². The van der Waals surface area contributed by atoms with E-state index in [4.69, 9.17) is 16.3 Å². The fourth-order valence-corrected chi connectivity index (χ4v) is 1.96. The summed E-state index contributed by atoms with van der Waals surface area (Å²) in [6.07, 6.45) is -0.341. The third-order valence-corrected chi connectivity index (χ3v) is 2.97. The van der Waals surface area contributed by atoms with Crippen molar-refractivity contribution in [1.82, 2.24) is 10.2 Å². The summed E-state index contributed by atoms with van der Waals surface area (Å²) in [4.78, 5) is 13.6. The number of nitrogens with zero attached hydrogens (tertiary/aromatic N) is 1. The fourth-order valence-electron chi connectivity index (χ4n) is 1.78. The Morgan fingerprint density at radius 3 is 3.00 bits per heavy atom. The van der Waals surface area contributed by atoms with Gasteiger partial charge in [0.05, 0.1) is 5.02 Å². The number of rotatable bonds is 1. The Kier molecular flexibility index (Phi) is 3.86. The zero-order chi connectivity index (χ0) is 12.3. The number of ether oxygens (including phenoxy) is 1. The number of para-hydroxylation sites is 1. The lowest BCUT2D eigenvalue weighted by molar-refractivity contribution is 0.137. The SMILES string of the molecule is CC1CN(C(=O)Oc2ccccc2Cl)CCN1. The van der Waals surface area contributed by atoms with Crippen LogP contribution in [-0.4, -0.2) is 36.7 Å². The van der Waals surface area contributed by atoms with Crippen molar-refractivity contribution in [3.8, 4) is 5.75 Å². The van der Waals surface area contributed by atoms with Gasteiger partial charge in [0.2, 0.25) is 0 Å². The van der Waals surface area contributed by atoms with Gasteiger partial charge in [-0.3, -0.25) is 0 Å². The lowest BCUT2D eigenvalue weighted by atomic mass is 10.2. The Balaban J connectivity index is 1.99. The summed E-state index contributed by atoms with van der Waals surface area (Å²) in [5.41, 5.74) is 0. The third kappa shape index (κ3) is 3.11. The van der Waals surface area contributed by atoms with Crippen LogP contribution in [0, 0.1) is 0 Å². The summed E-state index contributed by atoms with van der Waals surface area (Å²) in [7, 11) is 0. The number of nitrogens with one attached hydrogen (secondary N) is 1. The molecule has 1 aliphatic heterocycles. The summed E-state index contributed by atoms with van der Waals surface area (Å²) in [6, 6.07) is 7.26. The molecule has 4 nitrogen and oxygen atoms in total. The number of halogens is 1. The maximum atomic E-state index is 11.9. The molecule has 0 bridgehead atoms. The number of piperazine rings is 1. The second-order valence-electron chi connectivity index (χ2n) is 4.10. The van der Waals surface area contributed by atoms with Crippen molar-refractivity contribution in [2.75, 3.05) is 19.6 Å². The first-order chi connectivity index (χ1) is 8.16. The molecule has 5 heteroatoms. The smallest absolute Gasteiger partial charge is 0.409 e. The van der Waals surface area contributed by atoms with Crippen LogP contribution < -0.4 is 10.1 Å². The van der Waals surface area contributed by atoms with Crippen LogP contribution in [0.15, 0.2) is 24.3 Å². The molecule has 0 aliphatic carbocycles. The molecule has 1 amide bonds. The number of hydrogen-bond donors (Lipinski definition) is 1. The van der Waals surface area contributed by atoms with Crippen LogP contribution in [0.5, 0.6) is 5.75 Å². The molecule has 0 spiro atoms. The van der Waals surface area contributed by atoms with E-state index in [-0.39, 0.29) is 6.09 Å². The molecular weight excluding hydrogens is 240 g/mol. The molecule has 1 N–H and O–H groups in total. The first-order valence-corrected chi connectivity index (χ1v) is 5.99. The Labute approximate surface area is 106 Å². The first-order valence-electron chi connectivity index (χ1n) is 5.61. The van der Waals surface area contributed by atoms with Gasteiger partial charge in [-0.05, 0) is 19.1 Å². The minimum Gasteiger partial charge on any atom is -0.409 e. The second-order valence-corrected chi connectivity index (χ2v) is 4.51. The van der Waals surface area contributed by atoms with Crippen molar-refractivity contribution in [2.45, 2.75) is 13.0 Å². The topological polar surface area (TPSA) is 41.6 Å². The van der Waals surface area contributed by atoms with Crippen LogP contribution in [0.2, 0.25) is 5.02 Å². The Morgan fingerprint density at radius 1 is 1.53 bits per heavy atom. The van der Waals surface area contributed by atoms with Gasteiger partial charge >= 0.3 is 6.09 Å². The van der Waals surface area contributed by atoms with Crippen LogP contribution in [0.4, 0.5) is 4.79 Å². The normalized spacial score (nSPS) is 20.1. The molecule has 0 saturated carbocycles. The maximum Gasteiger partial charge on any atom is 0.415 e. The van der Waals surface area contributed by atoms with Crippen molar-refractivity contribution in [3.63, 3.8) is 0 Å². The average molecular weight is 255 g/mol. The molecule has 1 aromatic rings. The minimum absolute atomic E-state index is 0.294. The molecule has 0 aromatic heterocycles. The van der Waals surface area contributed by atoms with Crippen LogP contribution in [0.25, 0.3) is 0 Å². The minimum atomic E-state index is -0.341. The first kappa shape index (κ1) is 12.2. The Bertz CT molecular complexity index is 411. The molecular formula is C12H15ClN2O2. The van der Waals surface area contributed by atoms with Gasteiger partial charge in [-0.1, -0.05) is 23.7 Å². The number of carbonyl (C=O) groups excluding carboxylic acids is 1. The van der Waals surface area contributed by atoms with E-state index in [0.717, 1.165) is 6.54 Å². The van der Waals surface area contributed by atoms with E-state index in [0.29, 0.717) is 29.9 Å². The van der Waals surface area contributed by atoms with Gasteiger partial charge in [-0.2, -0.15) is 0 Å². The van der Waals surface area contributed by atoms with Crippen molar-refractivity contribution >= 4 is 17.7 Å². The number of hydrogen-bond acceptors (Lipinski definition) is 3. The number of benzene rings is 1. The fraction of sp³-hybridized carbons (Fsp3) is 0.417. The van der Waals surface area contributed by atoms with E-state index in [1.165, 1.54) is 0 Å². The van der Waals surface area contributed by atoms with Gasteiger partial charge in [0.15, 0.2) is 5.75 Å². The van der Waals surface area contributed by atoms with E-state index in [1.807, 2.05) is 6.92 Å². The maximum absolute atomic E-state index is 11.9. The zero-order valence-electron chi connectivity index (χ0n) is 9.65. The highest BCUT2D eigenvalue weighted by atomic mass is 35.5. The standard InChI is InChI=1S/C12H15ClN2O2/c1-9-8-15(7-6-14-9)12(16)17-11-5-3-2-4-10(11)13/h2-5,9,14H,6-8H2,1H3. The van der Waals surface area contributed by atoms with E-state index >= 15 is 0 Å². The quantitative estimate of drug-likeness (QED) is 0.835. The highest BCUT2D eigenvalue weighted by molar-refractivity contribution is 6.32. The molecule has 1 atom stereocenters. The van der Waals surface area contributed by atoms with Crippen LogP contribution >= 0.6 is 11.6 Å². The van der Waals surface area contributed by atoms with Gasteiger partial charge < -0.3 is 15.0 Å². The largest absolute Gasteiger partial charge is 0.415 e. The highest BCUT2D eigenvalue weighted by Crippen LogP contribution is 2.23. The molecule has 17 heavy (non-hydrogen) atoms. The molecule has 1 fully saturated rings. The predicted octanol–water partition coefficient (Wildman–Crippen LogP) is 2.13. The predicted molar refractivity (Wildman–Crippen MR) is 66.5 cm³/mol. The lowest BCUT2D eigenvalue weighted by Gasteiger charge is -2.31. The summed E-state index contributed by atoms with van der Waals surface area (Å²) in [5.74, 6) is 0.408. The second kappa shape index (κ2) is 5.38. The van der Waals surface area contributed by atoms with E-state index in [1.54, 1.807) is 29.2 Å². The summed E-state index contributed by atoms with van der Waals surface area (Å²) in [6.45, 7) is 4.14. The van der Waals surface area contributed by atoms with Crippen molar-refractivity contribution in [1.29, 1.82) is 0 Å². The van der Waals surface area contributed by atoms with Gasteiger partial charge in [0.1, 0.15) is 0 Å². The summed E-state index contributed by atoms with van der Waals surface area (Å²) >= 11 is 5.93. The molecule has 0 radical (unpaired) electrons. The summed E-state index contributed by atoms with van der Waals surface area (Å²) < 4.78 is 5.26. The van der Waals surface area contributed by atoms with Gasteiger partial charge in [0, 0.05) is 25.7 Å². The molecule has 1 aliphatic rings. The molecule has 2 rings (SSSR count). The van der Waals surface area contributed by atoms with E-state index < -0.39 is 0 Å². The van der Waals surface area contributed by atoms with Crippen LogP contribution in [-0.2, 0) is 0 Å². The monoisotopic (exact) mass is 254 g/mol. The van der Waals surface area contributed by atoms with Crippen molar-refractivity contribution < 1.29 is 9.53 Å². The average Bonchev–Trinajstić information content (AvgIpc) is 2.32. The van der Waals surface area contributed by atoms with Gasteiger partial charge in [0.25, 0.3) is 0 Å². The molecule has 92 valence electrons. The number of carbonyl (C=O) groups is 1. The third-order valence-electron chi connectivity index (χ3n) is 2.66.